The maximum Gasteiger partial charge on any atom is 0.257 e. The Morgan fingerprint density at radius 3 is 2.44 bits per heavy atom. The molecule has 0 saturated heterocycles. The first-order valence-corrected chi connectivity index (χ1v) is 9.86. The first-order valence-electron chi connectivity index (χ1n) is 9.45. The zero-order valence-corrected chi connectivity index (χ0v) is 17.1. The smallest absolute Gasteiger partial charge is 0.257 e. The van der Waals surface area contributed by atoms with Crippen molar-refractivity contribution in [2.24, 2.45) is 0 Å². The van der Waals surface area contributed by atoms with Gasteiger partial charge in [-0.15, -0.1) is 0 Å². The standard InChI is InChI=1S/C22H28N2O2S/c1-4-5-8-15-26-18-13-11-17(12-14-18)21(25)24-22(27)23-20-10-7-6-9-19(20)16(2)3/h6-7,9-14,16H,4-5,8,15H2,1-3H3,(H2,23,24,25,27). The third-order valence-electron chi connectivity index (χ3n) is 4.19. The Balaban J connectivity index is 1.90. The number of carbonyl (C=O) groups excluding carboxylic acids is 1. The number of hydrogen-bond donors (Lipinski definition) is 2. The molecule has 0 aliphatic heterocycles. The van der Waals surface area contributed by atoms with Gasteiger partial charge in [0.15, 0.2) is 5.11 Å². The highest BCUT2D eigenvalue weighted by molar-refractivity contribution is 7.80. The summed E-state index contributed by atoms with van der Waals surface area (Å²) in [7, 11) is 0. The van der Waals surface area contributed by atoms with Crippen molar-refractivity contribution < 1.29 is 9.53 Å². The van der Waals surface area contributed by atoms with Crippen molar-refractivity contribution in [2.75, 3.05) is 11.9 Å². The molecule has 2 aromatic carbocycles. The van der Waals surface area contributed by atoms with Gasteiger partial charge in [0.05, 0.1) is 6.61 Å². The van der Waals surface area contributed by atoms with Crippen molar-refractivity contribution >= 4 is 28.9 Å². The second-order valence-electron chi connectivity index (χ2n) is 6.73. The van der Waals surface area contributed by atoms with Gasteiger partial charge in [-0.2, -0.15) is 0 Å². The number of carbonyl (C=O) groups is 1. The molecule has 0 heterocycles. The van der Waals surface area contributed by atoms with Crippen LogP contribution in [0.5, 0.6) is 5.75 Å². The van der Waals surface area contributed by atoms with Crippen molar-refractivity contribution in [2.45, 2.75) is 46.0 Å². The number of unbranched alkanes of at least 4 members (excludes halogenated alkanes) is 2. The van der Waals surface area contributed by atoms with E-state index in [2.05, 4.69) is 37.5 Å². The molecule has 0 aromatic heterocycles. The van der Waals surface area contributed by atoms with Crippen LogP contribution in [-0.2, 0) is 0 Å². The van der Waals surface area contributed by atoms with Gasteiger partial charge in [-0.3, -0.25) is 10.1 Å². The lowest BCUT2D eigenvalue weighted by Crippen LogP contribution is -2.34. The molecule has 0 fully saturated rings. The molecular formula is C22H28N2O2S. The van der Waals surface area contributed by atoms with E-state index in [1.165, 1.54) is 0 Å². The number of anilines is 1. The number of nitrogens with one attached hydrogen (secondary N) is 2. The van der Waals surface area contributed by atoms with Crippen LogP contribution in [-0.4, -0.2) is 17.6 Å². The van der Waals surface area contributed by atoms with E-state index in [4.69, 9.17) is 17.0 Å². The Kier molecular flexibility index (Phi) is 8.27. The van der Waals surface area contributed by atoms with E-state index in [0.29, 0.717) is 18.1 Å². The summed E-state index contributed by atoms with van der Waals surface area (Å²) in [6.07, 6.45) is 3.36. The number of benzene rings is 2. The molecule has 27 heavy (non-hydrogen) atoms. The lowest BCUT2D eigenvalue weighted by molar-refractivity contribution is 0.0977. The minimum Gasteiger partial charge on any atom is -0.494 e. The van der Waals surface area contributed by atoms with Gasteiger partial charge in [0.1, 0.15) is 5.75 Å². The Bertz CT molecular complexity index is 757. The van der Waals surface area contributed by atoms with Gasteiger partial charge in [-0.05, 0) is 60.5 Å². The van der Waals surface area contributed by atoms with Crippen LogP contribution < -0.4 is 15.4 Å². The zero-order valence-electron chi connectivity index (χ0n) is 16.2. The molecule has 2 aromatic rings. The van der Waals surface area contributed by atoms with Crippen LogP contribution in [0.15, 0.2) is 48.5 Å². The third kappa shape index (κ3) is 6.68. The number of thiocarbonyl (C=S) groups is 1. The van der Waals surface area contributed by atoms with Crippen molar-refractivity contribution in [1.29, 1.82) is 0 Å². The second kappa shape index (κ2) is 10.7. The van der Waals surface area contributed by atoms with E-state index in [1.54, 1.807) is 12.1 Å². The molecule has 0 unspecified atom stereocenters. The van der Waals surface area contributed by atoms with Gasteiger partial charge in [-0.25, -0.2) is 0 Å². The highest BCUT2D eigenvalue weighted by Crippen LogP contribution is 2.23. The maximum absolute atomic E-state index is 12.4. The minimum absolute atomic E-state index is 0.243. The average Bonchev–Trinajstić information content (AvgIpc) is 2.66. The van der Waals surface area contributed by atoms with Crippen LogP contribution in [0.1, 0.15) is 61.9 Å². The monoisotopic (exact) mass is 384 g/mol. The zero-order chi connectivity index (χ0) is 19.6. The molecule has 0 bridgehead atoms. The molecule has 2 rings (SSSR count). The van der Waals surface area contributed by atoms with Crippen LogP contribution in [0.4, 0.5) is 5.69 Å². The first-order chi connectivity index (χ1) is 13.0. The summed E-state index contributed by atoms with van der Waals surface area (Å²) in [6, 6.07) is 15.1. The first kappa shape index (κ1) is 20.9. The summed E-state index contributed by atoms with van der Waals surface area (Å²) >= 11 is 5.30. The lowest BCUT2D eigenvalue weighted by atomic mass is 10.0. The summed E-state index contributed by atoms with van der Waals surface area (Å²) in [5, 5.41) is 6.13. The van der Waals surface area contributed by atoms with Gasteiger partial charge in [0.25, 0.3) is 5.91 Å². The molecule has 0 aliphatic carbocycles. The van der Waals surface area contributed by atoms with Gasteiger partial charge in [0, 0.05) is 11.3 Å². The quantitative estimate of drug-likeness (QED) is 0.466. The van der Waals surface area contributed by atoms with E-state index in [-0.39, 0.29) is 11.0 Å². The van der Waals surface area contributed by atoms with Crippen LogP contribution in [0.2, 0.25) is 0 Å². The Morgan fingerprint density at radius 2 is 1.78 bits per heavy atom. The molecule has 0 aliphatic rings. The summed E-state index contributed by atoms with van der Waals surface area (Å²) < 4.78 is 5.67. The average molecular weight is 385 g/mol. The summed E-state index contributed by atoms with van der Waals surface area (Å²) in [5.74, 6) is 0.887. The van der Waals surface area contributed by atoms with Crippen LogP contribution >= 0.6 is 12.2 Å². The summed E-state index contributed by atoms with van der Waals surface area (Å²) in [4.78, 5) is 12.4. The molecule has 4 nitrogen and oxygen atoms in total. The molecule has 2 N–H and O–H groups in total. The SMILES string of the molecule is CCCCCOc1ccc(C(=O)NC(=S)Nc2ccccc2C(C)C)cc1. The highest BCUT2D eigenvalue weighted by atomic mass is 32.1. The van der Waals surface area contributed by atoms with E-state index in [9.17, 15) is 4.79 Å². The fourth-order valence-electron chi connectivity index (χ4n) is 2.69. The summed E-state index contributed by atoms with van der Waals surface area (Å²) in [6.45, 7) is 7.10. The van der Waals surface area contributed by atoms with E-state index < -0.39 is 0 Å². The van der Waals surface area contributed by atoms with E-state index in [1.807, 2.05) is 30.3 Å². The molecule has 0 radical (unpaired) electrons. The Labute approximate surface area is 167 Å². The molecule has 0 atom stereocenters. The molecule has 144 valence electrons. The fourth-order valence-corrected chi connectivity index (χ4v) is 2.89. The van der Waals surface area contributed by atoms with Crippen LogP contribution in [0, 0.1) is 0 Å². The molecule has 0 spiro atoms. The number of hydrogen-bond acceptors (Lipinski definition) is 3. The minimum atomic E-state index is -0.243. The van der Waals surface area contributed by atoms with Gasteiger partial charge >= 0.3 is 0 Å². The molecule has 5 heteroatoms. The van der Waals surface area contributed by atoms with Gasteiger partial charge in [0.2, 0.25) is 0 Å². The number of amides is 1. The topological polar surface area (TPSA) is 50.4 Å². The Hall–Kier alpha value is -2.40. The van der Waals surface area contributed by atoms with Crippen molar-refractivity contribution in [3.05, 3.63) is 59.7 Å². The molecular weight excluding hydrogens is 356 g/mol. The van der Waals surface area contributed by atoms with Gasteiger partial charge in [-0.1, -0.05) is 51.8 Å². The second-order valence-corrected chi connectivity index (χ2v) is 7.14. The summed E-state index contributed by atoms with van der Waals surface area (Å²) in [5.41, 5.74) is 2.60. The molecule has 0 saturated carbocycles. The fraction of sp³-hybridized carbons (Fsp3) is 0.364. The van der Waals surface area contributed by atoms with Crippen LogP contribution in [0.3, 0.4) is 0 Å². The van der Waals surface area contributed by atoms with Crippen molar-refractivity contribution in [3.63, 3.8) is 0 Å². The van der Waals surface area contributed by atoms with Gasteiger partial charge < -0.3 is 10.1 Å². The normalized spacial score (nSPS) is 10.5. The predicted octanol–water partition coefficient (Wildman–Crippen LogP) is 5.51. The third-order valence-corrected chi connectivity index (χ3v) is 4.40. The largest absolute Gasteiger partial charge is 0.494 e. The number of ether oxygens (including phenoxy) is 1. The highest BCUT2D eigenvalue weighted by Gasteiger charge is 2.11. The van der Waals surface area contributed by atoms with E-state index >= 15 is 0 Å². The number of para-hydroxylation sites is 1. The van der Waals surface area contributed by atoms with Crippen molar-refractivity contribution in [1.82, 2.24) is 5.32 Å². The van der Waals surface area contributed by atoms with E-state index in [0.717, 1.165) is 36.3 Å². The van der Waals surface area contributed by atoms with Crippen molar-refractivity contribution in [3.8, 4) is 5.75 Å². The van der Waals surface area contributed by atoms with Crippen LogP contribution in [0.25, 0.3) is 0 Å². The maximum atomic E-state index is 12.4. The number of rotatable bonds is 8. The predicted molar refractivity (Wildman–Crippen MR) is 116 cm³/mol. The molecule has 1 amide bonds. The lowest BCUT2D eigenvalue weighted by Gasteiger charge is -2.15. The Morgan fingerprint density at radius 1 is 1.07 bits per heavy atom.